The molecule has 6 fully saturated rings. The Bertz CT molecular complexity index is 1040. The molecule has 6 heteroatoms. The number of fused-ring (bicyclic) bond motifs is 6. The van der Waals surface area contributed by atoms with Crippen molar-refractivity contribution < 1.29 is 28.5 Å². The maximum absolute atomic E-state index is 13.7. The zero-order chi connectivity index (χ0) is 28.9. The summed E-state index contributed by atoms with van der Waals surface area (Å²) in [5.74, 6) is 3.53. The average molecular weight is 583 g/mol. The number of carbonyl (C=O) groups excluding carboxylic acids is 2. The summed E-state index contributed by atoms with van der Waals surface area (Å²) >= 11 is 0. The first kappa shape index (κ1) is 29.3. The fraction of sp³-hybridized carbons (Fsp3) is 0.889. The number of ether oxygens (including phenoxy) is 4. The van der Waals surface area contributed by atoms with Gasteiger partial charge < -0.3 is 18.9 Å². The highest BCUT2D eigenvalue weighted by atomic mass is 16.7. The van der Waals surface area contributed by atoms with Crippen LogP contribution in [-0.2, 0) is 28.5 Å². The van der Waals surface area contributed by atoms with Crippen molar-refractivity contribution in [3.8, 4) is 0 Å². The highest BCUT2D eigenvalue weighted by molar-refractivity contribution is 5.79. The second-order valence-electron chi connectivity index (χ2n) is 16.2. The summed E-state index contributed by atoms with van der Waals surface area (Å²) < 4.78 is 25.4. The van der Waals surface area contributed by atoms with Gasteiger partial charge in [0.25, 0.3) is 0 Å². The molecule has 7 rings (SSSR count). The molecule has 1 aliphatic heterocycles. The van der Waals surface area contributed by atoms with Crippen LogP contribution in [0.15, 0.2) is 11.6 Å². The fourth-order valence-electron chi connectivity index (χ4n) is 10.9. The fourth-order valence-corrected chi connectivity index (χ4v) is 10.9. The number of carbonyl (C=O) groups is 2. The molecule has 6 bridgehead atoms. The maximum Gasteiger partial charge on any atom is 0.315 e. The Kier molecular flexibility index (Phi) is 8.26. The number of allylic oxidation sites excluding steroid dienone is 1. The van der Waals surface area contributed by atoms with Gasteiger partial charge in [-0.3, -0.25) is 9.59 Å². The van der Waals surface area contributed by atoms with Gasteiger partial charge in [-0.1, -0.05) is 50.7 Å². The summed E-state index contributed by atoms with van der Waals surface area (Å²) in [6.45, 7) is 4.67. The van der Waals surface area contributed by atoms with Gasteiger partial charge in [-0.05, 0) is 114 Å². The monoisotopic (exact) mass is 582 g/mol. The standard InChI is InChI=1S/C36H54O6/c1-23-12-26-10-5-11-36(17-23,20-26)34(38)40-22-31-30(41-32(42-31)29-15-24-6-3-7-25(13-24)16-29)21-39-33(37)35(2)18-27-8-4-9-28(14-27)19-35/h18,23-26,28-32H,3-17,19-22H2,1-2H3. The minimum Gasteiger partial charge on any atom is -0.462 e. The van der Waals surface area contributed by atoms with Crippen LogP contribution in [0.25, 0.3) is 0 Å². The predicted molar refractivity (Wildman–Crippen MR) is 159 cm³/mol. The Morgan fingerprint density at radius 1 is 0.810 bits per heavy atom. The first-order valence-electron chi connectivity index (χ1n) is 17.6. The minimum atomic E-state index is -0.561. The molecule has 0 aromatic rings. The van der Waals surface area contributed by atoms with Crippen LogP contribution in [-0.4, -0.2) is 43.7 Å². The molecule has 10 unspecified atom stereocenters. The van der Waals surface area contributed by atoms with E-state index in [0.29, 0.717) is 23.7 Å². The summed E-state index contributed by atoms with van der Waals surface area (Å²) in [4.78, 5) is 27.2. The normalized spacial score (nSPS) is 46.4. The van der Waals surface area contributed by atoms with Gasteiger partial charge in [0.15, 0.2) is 6.29 Å². The van der Waals surface area contributed by atoms with E-state index in [1.807, 2.05) is 6.92 Å². The molecular weight excluding hydrogens is 528 g/mol. The van der Waals surface area contributed by atoms with Crippen molar-refractivity contribution in [2.24, 2.45) is 46.3 Å². The van der Waals surface area contributed by atoms with Gasteiger partial charge in [0.1, 0.15) is 25.4 Å². The molecule has 0 amide bonds. The van der Waals surface area contributed by atoms with E-state index in [0.717, 1.165) is 69.6 Å². The Labute approximate surface area is 253 Å². The van der Waals surface area contributed by atoms with Gasteiger partial charge in [0, 0.05) is 5.92 Å². The third-order valence-electron chi connectivity index (χ3n) is 12.6. The molecule has 10 atom stereocenters. The summed E-state index contributed by atoms with van der Waals surface area (Å²) in [7, 11) is 0. The molecule has 234 valence electrons. The van der Waals surface area contributed by atoms with Gasteiger partial charge in [-0.25, -0.2) is 0 Å². The zero-order valence-electron chi connectivity index (χ0n) is 26.2. The van der Waals surface area contributed by atoms with Crippen LogP contribution in [0.1, 0.15) is 123 Å². The molecule has 0 aromatic heterocycles. The predicted octanol–water partition coefficient (Wildman–Crippen LogP) is 7.53. The second-order valence-corrected chi connectivity index (χ2v) is 16.2. The van der Waals surface area contributed by atoms with Crippen molar-refractivity contribution in [3.63, 3.8) is 0 Å². The van der Waals surface area contributed by atoms with Crippen molar-refractivity contribution in [2.75, 3.05) is 13.2 Å². The number of esters is 2. The molecule has 6 aliphatic carbocycles. The lowest BCUT2D eigenvalue weighted by molar-refractivity contribution is -0.169. The Morgan fingerprint density at radius 3 is 2.24 bits per heavy atom. The molecule has 0 aromatic carbocycles. The lowest BCUT2D eigenvalue weighted by Gasteiger charge is -2.45. The van der Waals surface area contributed by atoms with Gasteiger partial charge >= 0.3 is 11.9 Å². The van der Waals surface area contributed by atoms with Gasteiger partial charge in [0.2, 0.25) is 0 Å². The summed E-state index contributed by atoms with van der Waals surface area (Å²) in [5, 5.41) is 0. The zero-order valence-corrected chi connectivity index (χ0v) is 26.2. The smallest absolute Gasteiger partial charge is 0.315 e. The van der Waals surface area contributed by atoms with Crippen molar-refractivity contribution in [1.82, 2.24) is 0 Å². The van der Waals surface area contributed by atoms with Crippen LogP contribution in [0.2, 0.25) is 0 Å². The van der Waals surface area contributed by atoms with Crippen molar-refractivity contribution in [1.29, 1.82) is 0 Å². The van der Waals surface area contributed by atoms with Crippen LogP contribution in [0.5, 0.6) is 0 Å². The highest BCUT2D eigenvalue weighted by Gasteiger charge is 2.50. The first-order chi connectivity index (χ1) is 20.3. The van der Waals surface area contributed by atoms with Gasteiger partial charge in [-0.15, -0.1) is 0 Å². The van der Waals surface area contributed by atoms with E-state index in [9.17, 15) is 9.59 Å². The SMILES string of the molecule is CC1CC2CCCC(C(=O)OCC3OC(C4CC5CCCC(C5)C4)OC3COC(=O)C3(C)C=C4CCCC(C4)C3)(C1)C2. The lowest BCUT2D eigenvalue weighted by Crippen LogP contribution is -2.44. The Hall–Kier alpha value is -1.40. The molecule has 1 heterocycles. The number of rotatable bonds is 7. The molecular formula is C36H54O6. The molecule has 0 N–H and O–H groups in total. The number of hydrogen-bond acceptors (Lipinski definition) is 6. The van der Waals surface area contributed by atoms with E-state index in [1.54, 1.807) is 0 Å². The van der Waals surface area contributed by atoms with Crippen LogP contribution >= 0.6 is 0 Å². The third-order valence-corrected chi connectivity index (χ3v) is 12.6. The largest absolute Gasteiger partial charge is 0.462 e. The average Bonchev–Trinajstić information content (AvgIpc) is 3.36. The molecule has 0 radical (unpaired) electrons. The topological polar surface area (TPSA) is 71.1 Å². The first-order valence-corrected chi connectivity index (χ1v) is 17.6. The van der Waals surface area contributed by atoms with Crippen molar-refractivity contribution in [3.05, 3.63) is 11.6 Å². The molecule has 5 saturated carbocycles. The number of hydrogen-bond donors (Lipinski definition) is 0. The van der Waals surface area contributed by atoms with Crippen LogP contribution in [0, 0.1) is 46.3 Å². The minimum absolute atomic E-state index is 0.0402. The summed E-state index contributed by atoms with van der Waals surface area (Å²) in [6, 6.07) is 0. The second kappa shape index (κ2) is 11.8. The molecule has 42 heavy (non-hydrogen) atoms. The van der Waals surface area contributed by atoms with Crippen LogP contribution in [0.4, 0.5) is 0 Å². The molecule has 0 spiro atoms. The van der Waals surface area contributed by atoms with E-state index >= 15 is 0 Å². The summed E-state index contributed by atoms with van der Waals surface area (Å²) in [5.41, 5.74) is 0.532. The van der Waals surface area contributed by atoms with Crippen LogP contribution < -0.4 is 0 Å². The van der Waals surface area contributed by atoms with E-state index in [1.165, 1.54) is 56.9 Å². The summed E-state index contributed by atoms with van der Waals surface area (Å²) in [6.07, 6.45) is 20.7. The van der Waals surface area contributed by atoms with Crippen molar-refractivity contribution >= 4 is 11.9 Å². The maximum atomic E-state index is 13.7. The van der Waals surface area contributed by atoms with Crippen molar-refractivity contribution in [2.45, 2.75) is 141 Å². The third kappa shape index (κ3) is 5.97. The molecule has 7 aliphatic rings. The quantitative estimate of drug-likeness (QED) is 0.228. The van der Waals surface area contributed by atoms with Gasteiger partial charge in [0.05, 0.1) is 10.8 Å². The molecule has 1 saturated heterocycles. The van der Waals surface area contributed by atoms with E-state index in [-0.39, 0.29) is 36.9 Å². The highest BCUT2D eigenvalue weighted by Crippen LogP contribution is 2.52. The molecule has 6 nitrogen and oxygen atoms in total. The Morgan fingerprint density at radius 2 is 1.50 bits per heavy atom. The van der Waals surface area contributed by atoms with Crippen LogP contribution in [0.3, 0.4) is 0 Å². The lowest BCUT2D eigenvalue weighted by atomic mass is 9.59. The Balaban J connectivity index is 1.02. The van der Waals surface area contributed by atoms with E-state index in [4.69, 9.17) is 18.9 Å². The van der Waals surface area contributed by atoms with Gasteiger partial charge in [-0.2, -0.15) is 0 Å². The van der Waals surface area contributed by atoms with E-state index in [2.05, 4.69) is 13.0 Å². The van der Waals surface area contributed by atoms with E-state index < -0.39 is 17.6 Å².